The van der Waals surface area contributed by atoms with Gasteiger partial charge in [0.2, 0.25) is 5.91 Å². The number of nitrogens with zero attached hydrogens (tertiary/aromatic N) is 5. The Hall–Kier alpha value is -3.49. The molecule has 0 aliphatic carbocycles. The first-order valence-corrected chi connectivity index (χ1v) is 12.1. The lowest BCUT2D eigenvalue weighted by Crippen LogP contribution is -2.42. The summed E-state index contributed by atoms with van der Waals surface area (Å²) in [6.07, 6.45) is 3.50. The third-order valence-electron chi connectivity index (χ3n) is 5.71. The van der Waals surface area contributed by atoms with Gasteiger partial charge in [-0.05, 0) is 23.3 Å². The van der Waals surface area contributed by atoms with E-state index in [0.717, 1.165) is 22.5 Å². The molecule has 0 saturated carbocycles. The Morgan fingerprint density at radius 1 is 0.912 bits per heavy atom. The van der Waals surface area contributed by atoms with Gasteiger partial charge in [-0.25, -0.2) is 0 Å². The topological polar surface area (TPSA) is 73.1 Å². The van der Waals surface area contributed by atoms with Crippen molar-refractivity contribution >= 4 is 17.7 Å². The standard InChI is InChI=1S/C26H25N5O2S/c32-25(30-15-17-33-18-16-30)23(21-9-5-2-6-10-21)34-26-29-28-24(22-11-13-27-14-12-22)31(26)19-20-7-3-1-4-8-20/h1-14,23H,15-19H2. The van der Waals surface area contributed by atoms with Crippen molar-refractivity contribution in [3.05, 3.63) is 96.3 Å². The highest BCUT2D eigenvalue weighted by molar-refractivity contribution is 8.00. The van der Waals surface area contributed by atoms with Crippen molar-refractivity contribution in [1.29, 1.82) is 0 Å². The molecule has 8 heteroatoms. The zero-order valence-corrected chi connectivity index (χ0v) is 19.5. The number of carbonyl (C=O) groups excluding carboxylic acids is 1. The Morgan fingerprint density at radius 2 is 1.59 bits per heavy atom. The average molecular weight is 472 g/mol. The maximum absolute atomic E-state index is 13.6. The van der Waals surface area contributed by atoms with E-state index in [1.807, 2.05) is 65.6 Å². The Morgan fingerprint density at radius 3 is 2.29 bits per heavy atom. The molecule has 1 fully saturated rings. The van der Waals surface area contributed by atoms with Crippen LogP contribution in [0.15, 0.2) is 90.3 Å². The van der Waals surface area contributed by atoms with Crippen LogP contribution in [0, 0.1) is 0 Å². The number of thioether (sulfide) groups is 1. The summed E-state index contributed by atoms with van der Waals surface area (Å²) in [5.41, 5.74) is 3.01. The molecule has 4 aromatic rings. The summed E-state index contributed by atoms with van der Waals surface area (Å²) in [4.78, 5) is 19.6. The van der Waals surface area contributed by atoms with Crippen LogP contribution in [0.3, 0.4) is 0 Å². The molecular weight excluding hydrogens is 446 g/mol. The van der Waals surface area contributed by atoms with Gasteiger partial charge < -0.3 is 9.64 Å². The van der Waals surface area contributed by atoms with E-state index < -0.39 is 5.25 Å². The molecule has 0 N–H and O–H groups in total. The summed E-state index contributed by atoms with van der Waals surface area (Å²) in [5.74, 6) is 0.818. The minimum atomic E-state index is -0.427. The lowest BCUT2D eigenvalue weighted by atomic mass is 10.1. The van der Waals surface area contributed by atoms with Crippen molar-refractivity contribution in [3.63, 3.8) is 0 Å². The quantitative estimate of drug-likeness (QED) is 0.378. The van der Waals surface area contributed by atoms with Crippen LogP contribution < -0.4 is 0 Å². The summed E-state index contributed by atoms with van der Waals surface area (Å²) < 4.78 is 7.54. The number of aromatic nitrogens is 4. The lowest BCUT2D eigenvalue weighted by molar-refractivity contribution is -0.134. The maximum Gasteiger partial charge on any atom is 0.240 e. The zero-order valence-electron chi connectivity index (χ0n) is 18.7. The lowest BCUT2D eigenvalue weighted by Gasteiger charge is -2.30. The predicted molar refractivity (Wildman–Crippen MR) is 131 cm³/mol. The SMILES string of the molecule is O=C(C(Sc1nnc(-c2ccncc2)n1Cc1ccccc1)c1ccccc1)N1CCOCC1. The first-order valence-electron chi connectivity index (χ1n) is 11.3. The average Bonchev–Trinajstić information content (AvgIpc) is 3.31. The summed E-state index contributed by atoms with van der Waals surface area (Å²) >= 11 is 1.45. The zero-order chi connectivity index (χ0) is 23.2. The molecule has 1 atom stereocenters. The van der Waals surface area contributed by atoms with Crippen LogP contribution >= 0.6 is 11.8 Å². The molecular formula is C26H25N5O2S. The van der Waals surface area contributed by atoms with E-state index in [4.69, 9.17) is 4.74 Å². The normalized spacial score (nSPS) is 14.6. The number of amides is 1. The highest BCUT2D eigenvalue weighted by atomic mass is 32.2. The fraction of sp³-hybridized carbons (Fsp3) is 0.231. The minimum Gasteiger partial charge on any atom is -0.378 e. The van der Waals surface area contributed by atoms with Crippen LogP contribution in [0.5, 0.6) is 0 Å². The van der Waals surface area contributed by atoms with Crippen molar-refractivity contribution in [2.75, 3.05) is 26.3 Å². The van der Waals surface area contributed by atoms with Crippen molar-refractivity contribution in [3.8, 4) is 11.4 Å². The third kappa shape index (κ3) is 5.03. The number of pyridine rings is 1. The number of ether oxygens (including phenoxy) is 1. The van der Waals surface area contributed by atoms with Crippen LogP contribution in [-0.4, -0.2) is 56.9 Å². The first kappa shape index (κ1) is 22.3. The van der Waals surface area contributed by atoms with Gasteiger partial charge in [-0.2, -0.15) is 0 Å². The predicted octanol–water partition coefficient (Wildman–Crippen LogP) is 4.08. The number of benzene rings is 2. The largest absolute Gasteiger partial charge is 0.378 e. The van der Waals surface area contributed by atoms with Crippen LogP contribution in [-0.2, 0) is 16.1 Å². The van der Waals surface area contributed by atoms with Crippen molar-refractivity contribution < 1.29 is 9.53 Å². The van der Waals surface area contributed by atoms with Crippen molar-refractivity contribution in [2.45, 2.75) is 17.0 Å². The van der Waals surface area contributed by atoms with Crippen molar-refractivity contribution in [1.82, 2.24) is 24.6 Å². The molecule has 0 radical (unpaired) electrons. The van der Waals surface area contributed by atoms with E-state index in [0.29, 0.717) is 38.0 Å². The summed E-state index contributed by atoms with van der Waals surface area (Å²) in [6.45, 7) is 2.92. The second kappa shape index (κ2) is 10.6. The monoisotopic (exact) mass is 471 g/mol. The van der Waals surface area contributed by atoms with E-state index >= 15 is 0 Å². The van der Waals surface area contributed by atoms with Gasteiger partial charge >= 0.3 is 0 Å². The number of hydrogen-bond donors (Lipinski definition) is 0. The number of carbonyl (C=O) groups is 1. The molecule has 0 bridgehead atoms. The van der Waals surface area contributed by atoms with Crippen LogP contribution in [0.25, 0.3) is 11.4 Å². The second-order valence-corrected chi connectivity index (χ2v) is 9.03. The van der Waals surface area contributed by atoms with Gasteiger partial charge in [-0.3, -0.25) is 14.3 Å². The van der Waals surface area contributed by atoms with Crippen LogP contribution in [0.1, 0.15) is 16.4 Å². The van der Waals surface area contributed by atoms with Gasteiger partial charge in [0.05, 0.1) is 19.8 Å². The second-order valence-electron chi connectivity index (χ2n) is 7.96. The molecule has 172 valence electrons. The summed E-state index contributed by atoms with van der Waals surface area (Å²) in [7, 11) is 0. The molecule has 5 rings (SSSR count). The Kier molecular flexibility index (Phi) is 6.97. The van der Waals surface area contributed by atoms with Crippen LogP contribution in [0.4, 0.5) is 0 Å². The number of rotatable bonds is 7. The molecule has 7 nitrogen and oxygen atoms in total. The van der Waals surface area contributed by atoms with E-state index in [-0.39, 0.29) is 5.91 Å². The minimum absolute atomic E-state index is 0.0687. The molecule has 2 aromatic carbocycles. The first-order chi connectivity index (χ1) is 16.8. The van der Waals surface area contributed by atoms with Crippen molar-refractivity contribution in [2.24, 2.45) is 0 Å². The fourth-order valence-corrected chi connectivity index (χ4v) is 5.06. The van der Waals surface area contributed by atoms with E-state index in [1.54, 1.807) is 12.4 Å². The highest BCUT2D eigenvalue weighted by Gasteiger charge is 2.30. The number of morpholine rings is 1. The fourth-order valence-electron chi connectivity index (χ4n) is 3.94. The third-order valence-corrected chi connectivity index (χ3v) is 6.93. The Labute approximate surface area is 202 Å². The molecule has 1 aliphatic heterocycles. The smallest absolute Gasteiger partial charge is 0.240 e. The molecule has 1 aliphatic rings. The summed E-state index contributed by atoms with van der Waals surface area (Å²) in [6, 6.07) is 23.9. The molecule has 1 amide bonds. The molecule has 0 spiro atoms. The van der Waals surface area contributed by atoms with Gasteiger partial charge in [-0.15, -0.1) is 10.2 Å². The molecule has 1 saturated heterocycles. The van der Waals surface area contributed by atoms with E-state index in [2.05, 4.69) is 31.9 Å². The van der Waals surface area contributed by atoms with Gasteiger partial charge in [0.1, 0.15) is 5.25 Å². The maximum atomic E-state index is 13.6. The molecule has 2 aromatic heterocycles. The molecule has 3 heterocycles. The highest BCUT2D eigenvalue weighted by Crippen LogP contribution is 2.37. The van der Waals surface area contributed by atoms with Gasteiger partial charge in [-0.1, -0.05) is 72.4 Å². The van der Waals surface area contributed by atoms with E-state index in [9.17, 15) is 4.79 Å². The van der Waals surface area contributed by atoms with Gasteiger partial charge in [0, 0.05) is 31.0 Å². The summed E-state index contributed by atoms with van der Waals surface area (Å²) in [5, 5.41) is 9.33. The van der Waals surface area contributed by atoms with Gasteiger partial charge in [0.25, 0.3) is 0 Å². The Bertz CT molecular complexity index is 1210. The van der Waals surface area contributed by atoms with Gasteiger partial charge in [0.15, 0.2) is 11.0 Å². The Balaban J connectivity index is 1.52. The number of hydrogen-bond acceptors (Lipinski definition) is 6. The van der Waals surface area contributed by atoms with E-state index in [1.165, 1.54) is 11.8 Å². The molecule has 1 unspecified atom stereocenters. The molecule has 34 heavy (non-hydrogen) atoms. The van der Waals surface area contributed by atoms with Crippen LogP contribution in [0.2, 0.25) is 0 Å².